The van der Waals surface area contributed by atoms with Crippen molar-refractivity contribution in [2.24, 2.45) is 0 Å². The van der Waals surface area contributed by atoms with E-state index in [1.165, 1.54) is 0 Å². The summed E-state index contributed by atoms with van der Waals surface area (Å²) in [4.78, 5) is 21.1. The molecule has 4 aromatic rings. The van der Waals surface area contributed by atoms with Crippen molar-refractivity contribution in [2.45, 2.75) is 20.0 Å². The summed E-state index contributed by atoms with van der Waals surface area (Å²) >= 11 is 0. The lowest BCUT2D eigenvalue weighted by molar-refractivity contribution is 0.272. The quantitative estimate of drug-likeness (QED) is 0.458. The van der Waals surface area contributed by atoms with Crippen LogP contribution in [0.4, 0.5) is 0 Å². The second-order valence-electron chi connectivity index (χ2n) is 7.18. The largest absolute Gasteiger partial charge is 0.497 e. The Morgan fingerprint density at radius 3 is 2.42 bits per heavy atom. The van der Waals surface area contributed by atoms with Crippen LogP contribution in [0, 0.1) is 6.92 Å². The van der Waals surface area contributed by atoms with Gasteiger partial charge in [-0.1, -0.05) is 18.2 Å². The highest BCUT2D eigenvalue weighted by Crippen LogP contribution is 2.27. The third-order valence-corrected chi connectivity index (χ3v) is 4.97. The molecule has 31 heavy (non-hydrogen) atoms. The third kappa shape index (κ3) is 4.50. The summed E-state index contributed by atoms with van der Waals surface area (Å²) in [5.74, 6) is 1.78. The lowest BCUT2D eigenvalue weighted by Crippen LogP contribution is -2.17. The van der Waals surface area contributed by atoms with Gasteiger partial charge in [-0.2, -0.15) is 0 Å². The monoisotopic (exact) mass is 417 g/mol. The Labute approximate surface area is 179 Å². The van der Waals surface area contributed by atoms with Crippen LogP contribution in [-0.2, 0) is 13.0 Å². The Balaban J connectivity index is 1.51. The summed E-state index contributed by atoms with van der Waals surface area (Å²) < 4.78 is 18.1. The Kier molecular flexibility index (Phi) is 5.84. The molecule has 0 unspecified atom stereocenters. The Bertz CT molecular complexity index is 1270. The van der Waals surface area contributed by atoms with Crippen molar-refractivity contribution in [1.29, 1.82) is 0 Å². The molecule has 0 N–H and O–H groups in total. The molecule has 3 heterocycles. The van der Waals surface area contributed by atoms with E-state index < -0.39 is 0 Å². The van der Waals surface area contributed by atoms with Gasteiger partial charge < -0.3 is 14.2 Å². The van der Waals surface area contributed by atoms with E-state index in [0.29, 0.717) is 35.9 Å². The number of rotatable bonds is 7. The highest BCUT2D eigenvalue weighted by molar-refractivity contribution is 5.42. The smallest absolute Gasteiger partial charge is 0.260 e. The molecule has 0 aliphatic carbocycles. The van der Waals surface area contributed by atoms with Gasteiger partial charge in [-0.15, -0.1) is 0 Å². The van der Waals surface area contributed by atoms with Crippen LogP contribution in [-0.4, -0.2) is 28.6 Å². The average molecular weight is 417 g/mol. The fraction of sp³-hybridized carbons (Fsp3) is 0.208. The number of ether oxygens (including phenoxy) is 3. The SMILES string of the molecule is COc1ccc(COc2ncc(Cc3ccc4ncc(C)c(=O)n4c3)cc2OC)cc1. The van der Waals surface area contributed by atoms with Gasteiger partial charge in [-0.25, -0.2) is 9.97 Å². The average Bonchev–Trinajstić information content (AvgIpc) is 2.81. The van der Waals surface area contributed by atoms with Gasteiger partial charge in [0.15, 0.2) is 5.75 Å². The molecule has 0 atom stereocenters. The van der Waals surface area contributed by atoms with Crippen molar-refractivity contribution in [3.8, 4) is 17.4 Å². The first-order valence-corrected chi connectivity index (χ1v) is 9.83. The predicted octanol–water partition coefficient (Wildman–Crippen LogP) is 3.58. The van der Waals surface area contributed by atoms with Gasteiger partial charge in [-0.3, -0.25) is 9.20 Å². The second-order valence-corrected chi connectivity index (χ2v) is 7.18. The molecule has 7 nitrogen and oxygen atoms in total. The van der Waals surface area contributed by atoms with Gasteiger partial charge in [0.25, 0.3) is 11.4 Å². The molecule has 1 aromatic carbocycles. The Morgan fingerprint density at radius 1 is 0.903 bits per heavy atom. The molecule has 3 aromatic heterocycles. The number of pyridine rings is 2. The minimum absolute atomic E-state index is 0.0650. The van der Waals surface area contributed by atoms with Crippen molar-refractivity contribution in [2.75, 3.05) is 14.2 Å². The van der Waals surface area contributed by atoms with Gasteiger partial charge in [-0.05, 0) is 47.9 Å². The zero-order valence-corrected chi connectivity index (χ0v) is 17.7. The van der Waals surface area contributed by atoms with Crippen LogP contribution < -0.4 is 19.8 Å². The summed E-state index contributed by atoms with van der Waals surface area (Å²) in [5, 5.41) is 0. The number of aromatic nitrogens is 3. The zero-order valence-electron chi connectivity index (χ0n) is 17.7. The molecule has 0 aliphatic rings. The normalized spacial score (nSPS) is 10.8. The van der Waals surface area contributed by atoms with Gasteiger partial charge in [0.1, 0.15) is 18.0 Å². The number of nitrogens with zero attached hydrogens (tertiary/aromatic N) is 3. The first-order valence-electron chi connectivity index (χ1n) is 9.83. The van der Waals surface area contributed by atoms with Gasteiger partial charge >= 0.3 is 0 Å². The van der Waals surface area contributed by atoms with Crippen LogP contribution in [0.1, 0.15) is 22.3 Å². The molecule has 0 saturated heterocycles. The molecule has 158 valence electrons. The Hall–Kier alpha value is -3.87. The molecule has 0 bridgehead atoms. The second kappa shape index (κ2) is 8.87. The fourth-order valence-electron chi connectivity index (χ4n) is 3.25. The first-order chi connectivity index (χ1) is 15.1. The van der Waals surface area contributed by atoms with E-state index in [9.17, 15) is 4.79 Å². The maximum absolute atomic E-state index is 12.4. The summed E-state index contributed by atoms with van der Waals surface area (Å²) in [7, 11) is 3.22. The van der Waals surface area contributed by atoms with Crippen LogP contribution >= 0.6 is 0 Å². The molecule has 0 amide bonds. The lowest BCUT2D eigenvalue weighted by atomic mass is 10.1. The van der Waals surface area contributed by atoms with Crippen molar-refractivity contribution in [1.82, 2.24) is 14.4 Å². The molecule has 7 heteroatoms. The molecular weight excluding hydrogens is 394 g/mol. The van der Waals surface area contributed by atoms with Crippen LogP contribution in [0.5, 0.6) is 17.4 Å². The summed E-state index contributed by atoms with van der Waals surface area (Å²) in [5.41, 5.74) is 4.08. The fourth-order valence-corrected chi connectivity index (χ4v) is 3.25. The summed E-state index contributed by atoms with van der Waals surface area (Å²) in [6.45, 7) is 2.13. The minimum atomic E-state index is -0.0650. The predicted molar refractivity (Wildman–Crippen MR) is 117 cm³/mol. The molecule has 0 saturated carbocycles. The number of fused-ring (bicyclic) bond motifs is 1. The lowest BCUT2D eigenvalue weighted by Gasteiger charge is -2.12. The zero-order chi connectivity index (χ0) is 21.8. The maximum atomic E-state index is 12.4. The number of benzene rings is 1. The van der Waals surface area contributed by atoms with E-state index in [2.05, 4.69) is 9.97 Å². The molecule has 0 radical (unpaired) electrons. The topological polar surface area (TPSA) is 75.0 Å². The Morgan fingerprint density at radius 2 is 1.68 bits per heavy atom. The van der Waals surface area contributed by atoms with Crippen molar-refractivity contribution < 1.29 is 14.2 Å². The van der Waals surface area contributed by atoms with Crippen molar-refractivity contribution in [3.63, 3.8) is 0 Å². The number of hydrogen-bond donors (Lipinski definition) is 0. The third-order valence-electron chi connectivity index (χ3n) is 4.97. The van der Waals surface area contributed by atoms with Gasteiger partial charge in [0, 0.05) is 30.6 Å². The highest BCUT2D eigenvalue weighted by atomic mass is 16.5. The number of hydrogen-bond acceptors (Lipinski definition) is 6. The molecular formula is C24H23N3O4. The van der Waals surface area contributed by atoms with Crippen LogP contribution in [0.15, 0.2) is 65.8 Å². The first kappa shape index (κ1) is 20.4. The van der Waals surface area contributed by atoms with E-state index in [4.69, 9.17) is 14.2 Å². The van der Waals surface area contributed by atoms with Crippen molar-refractivity contribution in [3.05, 3.63) is 93.7 Å². The van der Waals surface area contributed by atoms with E-state index >= 15 is 0 Å². The minimum Gasteiger partial charge on any atom is -0.497 e. The van der Waals surface area contributed by atoms with Crippen LogP contribution in [0.2, 0.25) is 0 Å². The molecule has 0 spiro atoms. The summed E-state index contributed by atoms with van der Waals surface area (Å²) in [6, 6.07) is 13.4. The molecule has 0 aliphatic heterocycles. The highest BCUT2D eigenvalue weighted by Gasteiger charge is 2.10. The number of aryl methyl sites for hydroxylation is 1. The van der Waals surface area contributed by atoms with E-state index in [0.717, 1.165) is 22.4 Å². The van der Waals surface area contributed by atoms with Crippen molar-refractivity contribution >= 4 is 5.65 Å². The number of methoxy groups -OCH3 is 2. The maximum Gasteiger partial charge on any atom is 0.260 e. The molecule has 4 rings (SSSR count). The van der Waals surface area contributed by atoms with E-state index in [1.54, 1.807) is 37.9 Å². The van der Waals surface area contributed by atoms with Gasteiger partial charge in [0.2, 0.25) is 0 Å². The van der Waals surface area contributed by atoms with Gasteiger partial charge in [0.05, 0.1) is 14.2 Å². The van der Waals surface area contributed by atoms with E-state index in [-0.39, 0.29) is 5.56 Å². The molecule has 0 fully saturated rings. The standard InChI is InChI=1S/C24H23N3O4/c1-16-12-25-22-9-6-18(14-27(22)24(16)28)10-19-11-21(30-3)23(26-13-19)31-15-17-4-7-20(29-2)8-5-17/h4-9,11-14H,10,15H2,1-3H3. The van der Waals surface area contributed by atoms with Crippen LogP contribution in [0.25, 0.3) is 5.65 Å². The van der Waals surface area contributed by atoms with E-state index in [1.807, 2.05) is 48.7 Å². The summed E-state index contributed by atoms with van der Waals surface area (Å²) in [6.07, 6.45) is 5.76. The van der Waals surface area contributed by atoms with Crippen LogP contribution in [0.3, 0.4) is 0 Å².